The van der Waals surface area contributed by atoms with Gasteiger partial charge in [0, 0.05) is 6.07 Å². The molecule has 9 heteroatoms. The van der Waals surface area contributed by atoms with Crippen LogP contribution in [0.2, 0.25) is 0 Å². The van der Waals surface area contributed by atoms with Crippen molar-refractivity contribution in [2.45, 2.75) is 18.9 Å². The Bertz CT molecular complexity index is 555. The standard InChI is InChI=1S/C11H15N3O6/c1-2-11(5-15,6-16)13-10(18)8-3-7(14(19)20)4-12-9(8)17/h3-4,15-16H,2,5-6H2,1H3,(H,12,17)(H,13,18). The first-order valence-electron chi connectivity index (χ1n) is 5.80. The lowest BCUT2D eigenvalue weighted by Gasteiger charge is -2.29. The van der Waals surface area contributed by atoms with Crippen LogP contribution in [0, 0.1) is 10.1 Å². The minimum atomic E-state index is -1.28. The van der Waals surface area contributed by atoms with E-state index in [0.29, 0.717) is 0 Å². The summed E-state index contributed by atoms with van der Waals surface area (Å²) in [6.45, 7) is 0.571. The van der Waals surface area contributed by atoms with Crippen LogP contribution in [0.15, 0.2) is 17.1 Å². The number of nitrogens with zero attached hydrogens (tertiary/aromatic N) is 1. The van der Waals surface area contributed by atoms with Crippen LogP contribution >= 0.6 is 0 Å². The number of carbonyl (C=O) groups is 1. The highest BCUT2D eigenvalue weighted by molar-refractivity contribution is 5.94. The van der Waals surface area contributed by atoms with Gasteiger partial charge in [0.1, 0.15) is 5.56 Å². The Balaban J connectivity index is 3.12. The van der Waals surface area contributed by atoms with E-state index in [-0.39, 0.29) is 6.42 Å². The lowest BCUT2D eigenvalue weighted by Crippen LogP contribution is -2.54. The maximum Gasteiger partial charge on any atom is 0.286 e. The van der Waals surface area contributed by atoms with Crippen molar-refractivity contribution in [2.75, 3.05) is 13.2 Å². The molecule has 1 heterocycles. The van der Waals surface area contributed by atoms with Crippen LogP contribution < -0.4 is 10.9 Å². The van der Waals surface area contributed by atoms with E-state index in [9.17, 15) is 29.9 Å². The molecular formula is C11H15N3O6. The summed E-state index contributed by atoms with van der Waals surface area (Å²) in [6.07, 6.45) is 1.10. The van der Waals surface area contributed by atoms with E-state index in [1.807, 2.05) is 0 Å². The van der Waals surface area contributed by atoms with Gasteiger partial charge in [0.25, 0.3) is 17.2 Å². The van der Waals surface area contributed by atoms with Gasteiger partial charge in [0.15, 0.2) is 0 Å². The predicted molar refractivity (Wildman–Crippen MR) is 68.4 cm³/mol. The van der Waals surface area contributed by atoms with Crippen molar-refractivity contribution < 1.29 is 19.9 Å². The van der Waals surface area contributed by atoms with Crippen LogP contribution in [0.1, 0.15) is 23.7 Å². The zero-order chi connectivity index (χ0) is 15.3. The Kier molecular flexibility index (Phi) is 4.94. The van der Waals surface area contributed by atoms with Crippen LogP contribution in [0.4, 0.5) is 5.69 Å². The number of carbonyl (C=O) groups excluding carboxylic acids is 1. The third-order valence-electron chi connectivity index (χ3n) is 3.00. The number of aliphatic hydroxyl groups excluding tert-OH is 2. The van der Waals surface area contributed by atoms with Gasteiger partial charge >= 0.3 is 0 Å². The van der Waals surface area contributed by atoms with E-state index in [2.05, 4.69) is 10.3 Å². The van der Waals surface area contributed by atoms with Crippen LogP contribution in [-0.2, 0) is 0 Å². The molecular weight excluding hydrogens is 270 g/mol. The molecule has 20 heavy (non-hydrogen) atoms. The number of H-pyrrole nitrogens is 1. The first-order valence-corrected chi connectivity index (χ1v) is 5.80. The Hall–Kier alpha value is -2.26. The largest absolute Gasteiger partial charge is 0.394 e. The summed E-state index contributed by atoms with van der Waals surface area (Å²) in [4.78, 5) is 35.4. The smallest absolute Gasteiger partial charge is 0.286 e. The van der Waals surface area contributed by atoms with Crippen molar-refractivity contribution in [3.8, 4) is 0 Å². The minimum Gasteiger partial charge on any atom is -0.394 e. The summed E-state index contributed by atoms with van der Waals surface area (Å²) in [5.74, 6) is -0.903. The number of rotatable bonds is 6. The monoisotopic (exact) mass is 285 g/mol. The molecule has 0 atom stereocenters. The summed E-state index contributed by atoms with van der Waals surface area (Å²) in [5.41, 5.74) is -2.98. The molecule has 0 aliphatic heterocycles. The highest BCUT2D eigenvalue weighted by Crippen LogP contribution is 2.12. The summed E-state index contributed by atoms with van der Waals surface area (Å²) in [6, 6.07) is 0.837. The number of pyridine rings is 1. The van der Waals surface area contributed by atoms with E-state index in [1.165, 1.54) is 0 Å². The number of aliphatic hydroxyl groups is 2. The van der Waals surface area contributed by atoms with E-state index in [0.717, 1.165) is 12.3 Å². The molecule has 110 valence electrons. The Morgan fingerprint density at radius 1 is 1.50 bits per heavy atom. The average molecular weight is 285 g/mol. The van der Waals surface area contributed by atoms with Crippen molar-refractivity contribution in [1.29, 1.82) is 0 Å². The molecule has 0 saturated heterocycles. The first-order chi connectivity index (χ1) is 9.39. The van der Waals surface area contributed by atoms with Crippen LogP contribution in [-0.4, -0.2) is 44.8 Å². The number of nitro groups is 1. The Morgan fingerprint density at radius 2 is 2.10 bits per heavy atom. The lowest BCUT2D eigenvalue weighted by atomic mass is 9.98. The molecule has 0 spiro atoms. The van der Waals surface area contributed by atoms with E-state index in [1.54, 1.807) is 6.92 Å². The number of aromatic nitrogens is 1. The molecule has 0 aromatic carbocycles. The number of hydrogen-bond donors (Lipinski definition) is 4. The molecule has 1 amide bonds. The topological polar surface area (TPSA) is 146 Å². The molecule has 0 bridgehead atoms. The maximum atomic E-state index is 12.0. The molecule has 0 aliphatic rings. The quantitative estimate of drug-likeness (QED) is 0.395. The molecule has 1 rings (SSSR count). The van der Waals surface area contributed by atoms with Crippen LogP contribution in [0.25, 0.3) is 0 Å². The third-order valence-corrected chi connectivity index (χ3v) is 3.00. The van der Waals surface area contributed by atoms with Gasteiger partial charge in [-0.15, -0.1) is 0 Å². The Morgan fingerprint density at radius 3 is 2.55 bits per heavy atom. The SMILES string of the molecule is CCC(CO)(CO)NC(=O)c1cc([N+](=O)[O-])c[nH]c1=O. The fraction of sp³-hybridized carbons (Fsp3) is 0.455. The van der Waals surface area contributed by atoms with Gasteiger partial charge in [-0.2, -0.15) is 0 Å². The normalized spacial score (nSPS) is 11.2. The van der Waals surface area contributed by atoms with Crippen LogP contribution in [0.5, 0.6) is 0 Å². The second-order valence-electron chi connectivity index (χ2n) is 4.26. The van der Waals surface area contributed by atoms with Crippen molar-refractivity contribution in [2.24, 2.45) is 0 Å². The van der Waals surface area contributed by atoms with Gasteiger partial charge in [-0.3, -0.25) is 19.7 Å². The third kappa shape index (κ3) is 3.19. The number of hydrogen-bond acceptors (Lipinski definition) is 6. The number of amides is 1. The summed E-state index contributed by atoms with van der Waals surface area (Å²) >= 11 is 0. The zero-order valence-corrected chi connectivity index (χ0v) is 10.8. The number of nitrogens with one attached hydrogen (secondary N) is 2. The van der Waals surface area contributed by atoms with E-state index >= 15 is 0 Å². The minimum absolute atomic E-state index is 0.221. The van der Waals surface area contributed by atoms with E-state index in [4.69, 9.17) is 0 Å². The molecule has 9 nitrogen and oxygen atoms in total. The molecule has 0 saturated carbocycles. The second-order valence-corrected chi connectivity index (χ2v) is 4.26. The summed E-state index contributed by atoms with van der Waals surface area (Å²) in [5, 5.41) is 31.4. The lowest BCUT2D eigenvalue weighted by molar-refractivity contribution is -0.385. The van der Waals surface area contributed by atoms with Gasteiger partial charge in [0.2, 0.25) is 0 Å². The molecule has 0 radical (unpaired) electrons. The van der Waals surface area contributed by atoms with Gasteiger partial charge in [0.05, 0.1) is 29.9 Å². The highest BCUT2D eigenvalue weighted by Gasteiger charge is 2.30. The Labute approximate surface area is 113 Å². The predicted octanol–water partition coefficient (Wildman–Crippen LogP) is -0.854. The molecule has 4 N–H and O–H groups in total. The average Bonchev–Trinajstić information content (AvgIpc) is 2.45. The van der Waals surface area contributed by atoms with Crippen molar-refractivity contribution in [1.82, 2.24) is 10.3 Å². The fourth-order valence-electron chi connectivity index (χ4n) is 1.50. The fourth-order valence-corrected chi connectivity index (χ4v) is 1.50. The van der Waals surface area contributed by atoms with Crippen molar-refractivity contribution in [3.63, 3.8) is 0 Å². The maximum absolute atomic E-state index is 12.0. The van der Waals surface area contributed by atoms with Gasteiger partial charge in [-0.1, -0.05) is 6.92 Å². The zero-order valence-electron chi connectivity index (χ0n) is 10.8. The summed E-state index contributed by atoms with van der Waals surface area (Å²) in [7, 11) is 0. The van der Waals surface area contributed by atoms with E-state index < -0.39 is 46.4 Å². The highest BCUT2D eigenvalue weighted by atomic mass is 16.6. The van der Waals surface area contributed by atoms with Gasteiger partial charge in [-0.25, -0.2) is 0 Å². The van der Waals surface area contributed by atoms with Crippen LogP contribution in [0.3, 0.4) is 0 Å². The second kappa shape index (κ2) is 6.26. The number of aromatic amines is 1. The summed E-state index contributed by atoms with van der Waals surface area (Å²) < 4.78 is 0. The molecule has 0 fully saturated rings. The molecule has 0 aliphatic carbocycles. The van der Waals surface area contributed by atoms with Gasteiger partial charge in [-0.05, 0) is 6.42 Å². The molecule has 0 unspecified atom stereocenters. The van der Waals surface area contributed by atoms with Crippen molar-refractivity contribution in [3.05, 3.63) is 38.3 Å². The van der Waals surface area contributed by atoms with Crippen molar-refractivity contribution >= 4 is 11.6 Å². The van der Waals surface area contributed by atoms with Gasteiger partial charge < -0.3 is 20.5 Å². The molecule has 1 aromatic heterocycles. The first kappa shape index (κ1) is 15.8. The molecule has 1 aromatic rings.